The van der Waals surface area contributed by atoms with E-state index in [4.69, 9.17) is 0 Å². The van der Waals surface area contributed by atoms with Gasteiger partial charge < -0.3 is 0 Å². The second kappa shape index (κ2) is 5.39. The van der Waals surface area contributed by atoms with Crippen LogP contribution in [0.2, 0.25) is 0 Å². The molecular formula is C14H8F5N3O2. The molecule has 2 heterocycles. The number of aromatic nitrogens is 2. The van der Waals surface area contributed by atoms with Crippen molar-refractivity contribution < 1.29 is 26.7 Å². The zero-order valence-electron chi connectivity index (χ0n) is 11.7. The topological polar surface area (TPSA) is 64.0 Å². The summed E-state index contributed by atoms with van der Waals surface area (Å²) >= 11 is 0. The van der Waals surface area contributed by atoms with Crippen molar-refractivity contribution in [3.8, 4) is 0 Å². The summed E-state index contributed by atoms with van der Waals surface area (Å²) in [5.74, 6) is -3.09. The summed E-state index contributed by atoms with van der Waals surface area (Å²) < 4.78 is 65.1. The fourth-order valence-electron chi connectivity index (χ4n) is 2.47. The number of anilines is 1. The fraction of sp³-hybridized carbons (Fsp3) is 0.214. The number of nitrogens with one attached hydrogen (secondary N) is 1. The smallest absolute Gasteiger partial charge is 0.294 e. The molecule has 0 bridgehead atoms. The minimum absolute atomic E-state index is 0.0762. The van der Waals surface area contributed by atoms with Gasteiger partial charge >= 0.3 is 6.18 Å². The van der Waals surface area contributed by atoms with Crippen molar-refractivity contribution >= 4 is 11.9 Å². The van der Waals surface area contributed by atoms with Gasteiger partial charge in [0.25, 0.3) is 5.56 Å². The van der Waals surface area contributed by atoms with Crippen LogP contribution in [-0.4, -0.2) is 15.5 Å². The lowest BCUT2D eigenvalue weighted by atomic mass is 10.1. The van der Waals surface area contributed by atoms with E-state index in [-0.39, 0.29) is 18.1 Å². The van der Waals surface area contributed by atoms with Crippen LogP contribution in [0, 0.1) is 11.6 Å². The van der Waals surface area contributed by atoms with E-state index < -0.39 is 47.0 Å². The van der Waals surface area contributed by atoms with Gasteiger partial charge in [-0.3, -0.25) is 19.5 Å². The van der Waals surface area contributed by atoms with Gasteiger partial charge in [-0.05, 0) is 17.7 Å². The maximum Gasteiger partial charge on any atom is 0.433 e. The van der Waals surface area contributed by atoms with E-state index in [1.54, 1.807) is 0 Å². The monoisotopic (exact) mass is 345 g/mol. The van der Waals surface area contributed by atoms with Gasteiger partial charge in [0, 0.05) is 18.6 Å². The van der Waals surface area contributed by atoms with Gasteiger partial charge in [0.15, 0.2) is 5.69 Å². The van der Waals surface area contributed by atoms with Gasteiger partial charge in [-0.1, -0.05) is 0 Å². The molecule has 1 amide bonds. The summed E-state index contributed by atoms with van der Waals surface area (Å²) in [6.07, 6.45) is -5.12. The standard InChI is InChI=1S/C14H8F5N3O2/c15-7-1-6(2-8(16)4-7)3-9-12(24)21-13-20-10(14(17,18)19)5-11(23)22(9)13/h1-2,4-5,9H,3H2,(H,20,21,24). The lowest BCUT2D eigenvalue weighted by molar-refractivity contribution is -0.141. The van der Waals surface area contributed by atoms with Crippen molar-refractivity contribution in [2.75, 3.05) is 5.32 Å². The van der Waals surface area contributed by atoms with Crippen molar-refractivity contribution in [1.29, 1.82) is 0 Å². The van der Waals surface area contributed by atoms with Crippen LogP contribution in [0.15, 0.2) is 29.1 Å². The van der Waals surface area contributed by atoms with Crippen molar-refractivity contribution in [1.82, 2.24) is 9.55 Å². The van der Waals surface area contributed by atoms with E-state index in [2.05, 4.69) is 10.3 Å². The summed E-state index contributed by atoms with van der Waals surface area (Å²) in [4.78, 5) is 27.1. The normalized spacial score (nSPS) is 16.9. The van der Waals surface area contributed by atoms with Crippen LogP contribution >= 0.6 is 0 Å². The summed E-state index contributed by atoms with van der Waals surface area (Å²) in [7, 11) is 0. The Morgan fingerprint density at radius 3 is 2.29 bits per heavy atom. The number of halogens is 5. The molecule has 10 heteroatoms. The Labute approximate surface area is 130 Å². The van der Waals surface area contributed by atoms with Gasteiger partial charge in [0.1, 0.15) is 17.7 Å². The number of hydrogen-bond acceptors (Lipinski definition) is 3. The van der Waals surface area contributed by atoms with Crippen LogP contribution in [0.25, 0.3) is 0 Å². The van der Waals surface area contributed by atoms with Crippen molar-refractivity contribution in [3.63, 3.8) is 0 Å². The van der Waals surface area contributed by atoms with Gasteiger partial charge in [0.05, 0.1) is 0 Å². The van der Waals surface area contributed by atoms with Crippen LogP contribution in [-0.2, 0) is 17.4 Å². The van der Waals surface area contributed by atoms with Crippen LogP contribution < -0.4 is 10.9 Å². The molecule has 5 nitrogen and oxygen atoms in total. The summed E-state index contributed by atoms with van der Waals surface area (Å²) in [5, 5.41) is 2.08. The maximum absolute atomic E-state index is 13.2. The minimum atomic E-state index is -4.84. The maximum atomic E-state index is 13.2. The molecule has 3 rings (SSSR count). The second-order valence-corrected chi connectivity index (χ2v) is 5.16. The molecular weight excluding hydrogens is 337 g/mol. The van der Waals surface area contributed by atoms with E-state index in [0.717, 1.165) is 16.7 Å². The molecule has 2 aromatic rings. The number of alkyl halides is 3. The molecule has 0 fully saturated rings. The van der Waals surface area contributed by atoms with Crippen LogP contribution in [0.1, 0.15) is 17.3 Å². The largest absolute Gasteiger partial charge is 0.433 e. The number of benzene rings is 1. The Bertz CT molecular complexity index is 871. The third kappa shape index (κ3) is 2.86. The molecule has 0 saturated heterocycles. The molecule has 1 atom stereocenters. The predicted octanol–water partition coefficient (Wildman–Crippen LogP) is 2.28. The van der Waals surface area contributed by atoms with Gasteiger partial charge in [-0.25, -0.2) is 13.8 Å². The average Bonchev–Trinajstić information content (AvgIpc) is 2.73. The molecule has 0 spiro atoms. The molecule has 1 aromatic heterocycles. The molecule has 1 aliphatic heterocycles. The van der Waals surface area contributed by atoms with E-state index in [1.807, 2.05) is 0 Å². The molecule has 1 aromatic carbocycles. The van der Waals surface area contributed by atoms with E-state index in [1.165, 1.54) is 0 Å². The number of nitrogens with zero attached hydrogens (tertiary/aromatic N) is 2. The highest BCUT2D eigenvalue weighted by molar-refractivity contribution is 5.96. The zero-order valence-corrected chi connectivity index (χ0v) is 11.7. The number of fused-ring (bicyclic) bond motifs is 1. The number of carbonyl (C=O) groups excluding carboxylic acids is 1. The van der Waals surface area contributed by atoms with Crippen LogP contribution in [0.5, 0.6) is 0 Å². The number of amides is 1. The Morgan fingerprint density at radius 1 is 1.08 bits per heavy atom. The molecule has 0 radical (unpaired) electrons. The highest BCUT2D eigenvalue weighted by atomic mass is 19.4. The molecule has 1 N–H and O–H groups in total. The van der Waals surface area contributed by atoms with E-state index in [9.17, 15) is 31.5 Å². The summed E-state index contributed by atoms with van der Waals surface area (Å²) in [6.45, 7) is 0. The third-order valence-electron chi connectivity index (χ3n) is 3.44. The fourth-order valence-corrected chi connectivity index (χ4v) is 2.47. The van der Waals surface area contributed by atoms with E-state index in [0.29, 0.717) is 6.07 Å². The van der Waals surface area contributed by atoms with Gasteiger partial charge in [0.2, 0.25) is 11.9 Å². The SMILES string of the molecule is O=C1Nc2nc(C(F)(F)F)cc(=O)n2C1Cc1cc(F)cc(F)c1. The van der Waals surface area contributed by atoms with Gasteiger partial charge in [-0.2, -0.15) is 13.2 Å². The molecule has 0 saturated carbocycles. The average molecular weight is 345 g/mol. The molecule has 1 aliphatic rings. The first kappa shape index (κ1) is 16.1. The highest BCUT2D eigenvalue weighted by Gasteiger charge is 2.38. The molecule has 1 unspecified atom stereocenters. The number of rotatable bonds is 2. The first-order valence-corrected chi connectivity index (χ1v) is 6.62. The lowest BCUT2D eigenvalue weighted by Crippen LogP contribution is -2.27. The molecule has 24 heavy (non-hydrogen) atoms. The second-order valence-electron chi connectivity index (χ2n) is 5.16. The van der Waals surface area contributed by atoms with E-state index >= 15 is 0 Å². The first-order valence-electron chi connectivity index (χ1n) is 6.62. The molecule has 0 aliphatic carbocycles. The Morgan fingerprint density at radius 2 is 1.71 bits per heavy atom. The molecule has 126 valence electrons. The minimum Gasteiger partial charge on any atom is -0.294 e. The predicted molar refractivity (Wildman–Crippen MR) is 71.2 cm³/mol. The first-order chi connectivity index (χ1) is 11.1. The Balaban J connectivity index is 2.02. The van der Waals surface area contributed by atoms with Crippen molar-refractivity contribution in [3.05, 3.63) is 57.5 Å². The van der Waals surface area contributed by atoms with Crippen molar-refractivity contribution in [2.45, 2.75) is 18.6 Å². The van der Waals surface area contributed by atoms with Crippen LogP contribution in [0.4, 0.5) is 27.9 Å². The summed E-state index contributed by atoms with van der Waals surface area (Å²) in [6, 6.07) is 1.59. The third-order valence-corrected chi connectivity index (χ3v) is 3.44. The quantitative estimate of drug-likeness (QED) is 0.850. The lowest BCUT2D eigenvalue weighted by Gasteiger charge is -2.12. The highest BCUT2D eigenvalue weighted by Crippen LogP contribution is 2.30. The summed E-state index contributed by atoms with van der Waals surface area (Å²) in [5.41, 5.74) is -2.45. The van der Waals surface area contributed by atoms with Crippen molar-refractivity contribution in [2.24, 2.45) is 0 Å². The Kier molecular flexibility index (Phi) is 3.61. The zero-order chi connectivity index (χ0) is 17.6. The number of hydrogen-bond donors (Lipinski definition) is 1. The number of carbonyl (C=O) groups is 1. The van der Waals surface area contributed by atoms with Gasteiger partial charge in [-0.15, -0.1) is 0 Å². The van der Waals surface area contributed by atoms with Crippen LogP contribution in [0.3, 0.4) is 0 Å². The Hall–Kier alpha value is -2.78.